The van der Waals surface area contributed by atoms with Crippen molar-refractivity contribution in [3.05, 3.63) is 59.4 Å². The number of carbonyl (C=O) groups excluding carboxylic acids is 2. The standard InChI is InChI=1S/C27H31FN6O5/c1-6-34-12-20-18(25-37-13-17(14-38-25)31-26(36)39-27(3,4)5)7-8-19(22(20)32-34)24(35)30-16-9-21(28)23-29-15(2)10-33(23)11-16/h7-12,17,25H,6,13-14H2,1-5H3,(H,30,35)(H,31,36). The Bertz CT molecular complexity index is 1550. The van der Waals surface area contributed by atoms with Crippen LogP contribution < -0.4 is 10.6 Å². The number of aromatic nitrogens is 4. The number of nitrogens with one attached hydrogen (secondary N) is 2. The van der Waals surface area contributed by atoms with Crippen molar-refractivity contribution in [3.63, 3.8) is 0 Å². The topological polar surface area (TPSA) is 121 Å². The van der Waals surface area contributed by atoms with E-state index in [4.69, 9.17) is 14.2 Å². The Labute approximate surface area is 224 Å². The third kappa shape index (κ3) is 5.71. The highest BCUT2D eigenvalue weighted by Crippen LogP contribution is 2.32. The van der Waals surface area contributed by atoms with Crippen molar-refractivity contribution >= 4 is 34.2 Å². The number of hydrogen-bond acceptors (Lipinski definition) is 7. The predicted molar refractivity (Wildman–Crippen MR) is 141 cm³/mol. The molecule has 0 spiro atoms. The zero-order valence-corrected chi connectivity index (χ0v) is 22.4. The number of pyridine rings is 1. The van der Waals surface area contributed by atoms with Gasteiger partial charge in [0.15, 0.2) is 17.8 Å². The van der Waals surface area contributed by atoms with Gasteiger partial charge in [-0.2, -0.15) is 5.10 Å². The van der Waals surface area contributed by atoms with Gasteiger partial charge < -0.3 is 29.2 Å². The van der Waals surface area contributed by atoms with Crippen LogP contribution in [0.15, 0.2) is 36.8 Å². The molecule has 0 atom stereocenters. The molecule has 0 bridgehead atoms. The average molecular weight is 539 g/mol. The number of halogens is 1. The Morgan fingerprint density at radius 1 is 1.18 bits per heavy atom. The summed E-state index contributed by atoms with van der Waals surface area (Å²) in [5.74, 6) is -0.974. The summed E-state index contributed by atoms with van der Waals surface area (Å²) in [5.41, 5.74) is 2.03. The van der Waals surface area contributed by atoms with Crippen molar-refractivity contribution in [1.29, 1.82) is 0 Å². The minimum Gasteiger partial charge on any atom is -0.444 e. The quantitative estimate of drug-likeness (QED) is 0.388. The lowest BCUT2D eigenvalue weighted by Gasteiger charge is -2.31. The second kappa shape index (κ2) is 10.3. The second-order valence-corrected chi connectivity index (χ2v) is 10.4. The summed E-state index contributed by atoms with van der Waals surface area (Å²) in [7, 11) is 0. The van der Waals surface area contributed by atoms with Crippen LogP contribution in [0.5, 0.6) is 0 Å². The molecule has 206 valence electrons. The maximum atomic E-state index is 14.5. The maximum absolute atomic E-state index is 14.5. The van der Waals surface area contributed by atoms with Gasteiger partial charge in [0.05, 0.1) is 36.2 Å². The Hall–Kier alpha value is -4.03. The van der Waals surface area contributed by atoms with Crippen LogP contribution in [0.3, 0.4) is 0 Å². The number of benzene rings is 1. The third-order valence-corrected chi connectivity index (χ3v) is 6.08. The van der Waals surface area contributed by atoms with Crippen molar-refractivity contribution < 1.29 is 28.2 Å². The molecule has 0 radical (unpaired) electrons. The molecule has 4 aromatic rings. The zero-order chi connectivity index (χ0) is 27.9. The van der Waals surface area contributed by atoms with E-state index in [0.29, 0.717) is 34.3 Å². The van der Waals surface area contributed by atoms with Gasteiger partial charge in [-0.3, -0.25) is 9.48 Å². The Kier molecular flexibility index (Phi) is 7.00. The predicted octanol–water partition coefficient (Wildman–Crippen LogP) is 4.34. The van der Waals surface area contributed by atoms with E-state index in [-0.39, 0.29) is 30.6 Å². The number of carbonyl (C=O) groups is 2. The highest BCUT2D eigenvalue weighted by atomic mass is 19.1. The molecule has 2 N–H and O–H groups in total. The monoisotopic (exact) mass is 538 g/mol. The summed E-state index contributed by atoms with van der Waals surface area (Å²) in [4.78, 5) is 29.5. The molecule has 1 aromatic carbocycles. The average Bonchev–Trinajstić information content (AvgIpc) is 3.46. The van der Waals surface area contributed by atoms with Gasteiger partial charge in [-0.25, -0.2) is 14.2 Å². The summed E-state index contributed by atoms with van der Waals surface area (Å²) in [6.45, 7) is 10.1. The molecule has 5 rings (SSSR count). The van der Waals surface area contributed by atoms with Crippen LogP contribution in [0.25, 0.3) is 16.6 Å². The van der Waals surface area contributed by atoms with E-state index in [9.17, 15) is 14.0 Å². The number of aryl methyl sites for hydroxylation is 2. The molecule has 0 aliphatic carbocycles. The second-order valence-electron chi connectivity index (χ2n) is 10.4. The Morgan fingerprint density at radius 2 is 1.92 bits per heavy atom. The van der Waals surface area contributed by atoms with Crippen molar-refractivity contribution in [2.45, 2.75) is 59.1 Å². The van der Waals surface area contributed by atoms with Crippen LogP contribution in [0, 0.1) is 12.7 Å². The van der Waals surface area contributed by atoms with Gasteiger partial charge in [-0.15, -0.1) is 0 Å². The first kappa shape index (κ1) is 26.6. The highest BCUT2D eigenvalue weighted by Gasteiger charge is 2.29. The lowest BCUT2D eigenvalue weighted by Crippen LogP contribution is -2.46. The van der Waals surface area contributed by atoms with E-state index in [0.717, 1.165) is 0 Å². The van der Waals surface area contributed by atoms with Crippen molar-refractivity contribution in [2.75, 3.05) is 18.5 Å². The molecule has 1 fully saturated rings. The van der Waals surface area contributed by atoms with Crippen LogP contribution in [0.4, 0.5) is 14.9 Å². The van der Waals surface area contributed by atoms with Gasteiger partial charge in [-0.1, -0.05) is 6.07 Å². The number of hydrogen-bond donors (Lipinski definition) is 2. The fourth-order valence-electron chi connectivity index (χ4n) is 4.41. The summed E-state index contributed by atoms with van der Waals surface area (Å²) >= 11 is 0. The molecule has 3 aromatic heterocycles. The van der Waals surface area contributed by atoms with Gasteiger partial charge in [0, 0.05) is 42.2 Å². The van der Waals surface area contributed by atoms with E-state index in [1.807, 2.05) is 13.1 Å². The SMILES string of the molecule is CCn1cc2c(C3OCC(NC(=O)OC(C)(C)C)CO3)ccc(C(=O)Nc3cc(F)c4nc(C)cn4c3)c2n1. The molecule has 0 saturated carbocycles. The molecule has 1 aliphatic heterocycles. The number of fused-ring (bicyclic) bond motifs is 2. The molecule has 1 aliphatic rings. The summed E-state index contributed by atoms with van der Waals surface area (Å²) in [6, 6.07) is 4.27. The smallest absolute Gasteiger partial charge is 0.408 e. The van der Waals surface area contributed by atoms with E-state index in [2.05, 4.69) is 20.7 Å². The Balaban J connectivity index is 1.35. The van der Waals surface area contributed by atoms with E-state index >= 15 is 0 Å². The number of amides is 2. The van der Waals surface area contributed by atoms with Gasteiger partial charge in [0.2, 0.25) is 0 Å². The number of imidazole rings is 1. The molecule has 12 heteroatoms. The van der Waals surface area contributed by atoms with Crippen LogP contribution >= 0.6 is 0 Å². The highest BCUT2D eigenvalue weighted by molar-refractivity contribution is 6.12. The first-order chi connectivity index (χ1) is 18.5. The largest absolute Gasteiger partial charge is 0.444 e. The number of nitrogens with zero attached hydrogens (tertiary/aromatic N) is 4. The van der Waals surface area contributed by atoms with E-state index in [1.165, 1.54) is 10.5 Å². The summed E-state index contributed by atoms with van der Waals surface area (Å²) in [5, 5.41) is 10.8. The maximum Gasteiger partial charge on any atom is 0.408 e. The van der Waals surface area contributed by atoms with Crippen LogP contribution in [-0.4, -0.2) is 56.0 Å². The zero-order valence-electron chi connectivity index (χ0n) is 22.4. The van der Waals surface area contributed by atoms with Gasteiger partial charge in [0.1, 0.15) is 11.1 Å². The van der Waals surface area contributed by atoms with Crippen LogP contribution in [0.2, 0.25) is 0 Å². The van der Waals surface area contributed by atoms with Crippen molar-refractivity contribution in [3.8, 4) is 0 Å². The van der Waals surface area contributed by atoms with E-state index in [1.54, 1.807) is 56.9 Å². The minimum atomic E-state index is -0.711. The number of alkyl carbamates (subject to hydrolysis) is 1. The van der Waals surface area contributed by atoms with Gasteiger partial charge in [0.25, 0.3) is 5.91 Å². The fourth-order valence-corrected chi connectivity index (χ4v) is 4.41. The first-order valence-electron chi connectivity index (χ1n) is 12.7. The molecule has 4 heterocycles. The minimum absolute atomic E-state index is 0.190. The lowest BCUT2D eigenvalue weighted by atomic mass is 10.0. The molecule has 11 nitrogen and oxygen atoms in total. The molecule has 2 amide bonds. The van der Waals surface area contributed by atoms with Gasteiger partial charge >= 0.3 is 6.09 Å². The third-order valence-electron chi connectivity index (χ3n) is 6.08. The van der Waals surface area contributed by atoms with Gasteiger partial charge in [-0.05, 0) is 40.7 Å². The van der Waals surface area contributed by atoms with Crippen molar-refractivity contribution in [1.82, 2.24) is 24.5 Å². The normalized spacial score (nSPS) is 17.9. The van der Waals surface area contributed by atoms with Crippen LogP contribution in [-0.2, 0) is 20.8 Å². The molecular formula is C27H31FN6O5. The summed E-state index contributed by atoms with van der Waals surface area (Å²) < 4.78 is 35.0. The first-order valence-corrected chi connectivity index (χ1v) is 12.7. The Morgan fingerprint density at radius 3 is 2.62 bits per heavy atom. The number of ether oxygens (including phenoxy) is 3. The molecule has 0 unspecified atom stereocenters. The molecule has 39 heavy (non-hydrogen) atoms. The van der Waals surface area contributed by atoms with Crippen molar-refractivity contribution in [2.24, 2.45) is 0 Å². The fraction of sp³-hybridized carbons (Fsp3) is 0.407. The summed E-state index contributed by atoms with van der Waals surface area (Å²) in [6.07, 6.45) is 3.87. The molecular weight excluding hydrogens is 507 g/mol. The molecule has 1 saturated heterocycles. The number of rotatable bonds is 5. The van der Waals surface area contributed by atoms with E-state index < -0.39 is 29.7 Å². The number of anilines is 1. The van der Waals surface area contributed by atoms with Crippen LogP contribution in [0.1, 0.15) is 55.6 Å². The lowest BCUT2D eigenvalue weighted by molar-refractivity contribution is -0.192.